The van der Waals surface area contributed by atoms with Gasteiger partial charge in [-0.25, -0.2) is 13.2 Å². The second-order valence-corrected chi connectivity index (χ2v) is 8.12. The predicted octanol–water partition coefficient (Wildman–Crippen LogP) is 1.29. The average molecular weight is 432 g/mol. The van der Waals surface area contributed by atoms with Crippen molar-refractivity contribution in [3.05, 3.63) is 58.5 Å². The number of nitrogens with zero attached hydrogens (tertiary/aromatic N) is 1. The highest BCUT2D eigenvalue weighted by molar-refractivity contribution is 7.92. The topological polar surface area (TPSA) is 141 Å². The summed E-state index contributed by atoms with van der Waals surface area (Å²) in [5.74, 6) is -0.919. The van der Waals surface area contributed by atoms with Crippen molar-refractivity contribution in [1.82, 2.24) is 14.9 Å². The number of amides is 1. The van der Waals surface area contributed by atoms with Gasteiger partial charge in [0.25, 0.3) is 15.9 Å². The quantitative estimate of drug-likeness (QED) is 0.481. The smallest absolute Gasteiger partial charge is 0.325 e. The van der Waals surface area contributed by atoms with Gasteiger partial charge in [0, 0.05) is 18.3 Å². The predicted molar refractivity (Wildman–Crippen MR) is 110 cm³/mol. The van der Waals surface area contributed by atoms with E-state index in [1.807, 2.05) is 0 Å². The fraction of sp³-hybridized carbons (Fsp3) is 0.211. The molecule has 11 heteroatoms. The fourth-order valence-electron chi connectivity index (χ4n) is 2.77. The number of imidazole rings is 1. The number of sulfonamides is 1. The van der Waals surface area contributed by atoms with E-state index in [4.69, 9.17) is 4.74 Å². The van der Waals surface area contributed by atoms with Crippen molar-refractivity contribution in [2.24, 2.45) is 0 Å². The summed E-state index contributed by atoms with van der Waals surface area (Å²) in [5.41, 5.74) is 0.973. The lowest BCUT2D eigenvalue weighted by Gasteiger charge is -2.16. The van der Waals surface area contributed by atoms with Crippen molar-refractivity contribution in [2.45, 2.75) is 11.8 Å². The first-order valence-corrected chi connectivity index (χ1v) is 10.4. The Balaban J connectivity index is 1.73. The van der Waals surface area contributed by atoms with Crippen LogP contribution < -0.4 is 10.4 Å². The maximum absolute atomic E-state index is 12.6. The first-order chi connectivity index (χ1) is 14.2. The Morgan fingerprint density at radius 1 is 1.07 bits per heavy atom. The molecule has 0 saturated carbocycles. The molecule has 3 N–H and O–H groups in total. The number of aromatic amines is 2. The Bertz CT molecular complexity index is 1240. The molecule has 0 aliphatic carbocycles. The van der Waals surface area contributed by atoms with E-state index in [1.165, 1.54) is 54.4 Å². The van der Waals surface area contributed by atoms with Crippen LogP contribution in [0.15, 0.2) is 52.2 Å². The summed E-state index contributed by atoms with van der Waals surface area (Å²) in [6.07, 6.45) is 0. The second kappa shape index (κ2) is 8.41. The number of nitrogens with one attached hydrogen (secondary N) is 3. The van der Waals surface area contributed by atoms with Gasteiger partial charge in [0.15, 0.2) is 0 Å². The Labute approximate surface area is 171 Å². The van der Waals surface area contributed by atoms with Crippen molar-refractivity contribution in [3.8, 4) is 0 Å². The molecule has 0 fully saturated rings. The molecule has 0 atom stereocenters. The van der Waals surface area contributed by atoms with Crippen molar-refractivity contribution in [2.75, 3.05) is 24.9 Å². The molecule has 3 aromatic rings. The first-order valence-electron chi connectivity index (χ1n) is 8.95. The molecule has 0 unspecified atom stereocenters. The number of H-pyrrole nitrogens is 2. The zero-order valence-electron chi connectivity index (χ0n) is 16.3. The molecule has 0 radical (unpaired) electrons. The number of fused-ring (bicyclic) bond motifs is 1. The van der Waals surface area contributed by atoms with Gasteiger partial charge in [-0.05, 0) is 49.4 Å². The highest BCUT2D eigenvalue weighted by atomic mass is 32.2. The van der Waals surface area contributed by atoms with E-state index < -0.39 is 27.6 Å². The zero-order chi connectivity index (χ0) is 21.9. The summed E-state index contributed by atoms with van der Waals surface area (Å²) >= 11 is 0. The van der Waals surface area contributed by atoms with Crippen LogP contribution >= 0.6 is 0 Å². The third kappa shape index (κ3) is 4.69. The summed E-state index contributed by atoms with van der Waals surface area (Å²) in [5, 5.41) is 0. The minimum atomic E-state index is -3.91. The number of hydrogen-bond donors (Lipinski definition) is 3. The molecular formula is C19H20N4O6S. The van der Waals surface area contributed by atoms with Gasteiger partial charge in [-0.2, -0.15) is 0 Å². The molecule has 1 aromatic heterocycles. The van der Waals surface area contributed by atoms with Crippen LogP contribution in [0.3, 0.4) is 0 Å². The van der Waals surface area contributed by atoms with Gasteiger partial charge in [0.05, 0.1) is 22.5 Å². The third-order valence-corrected chi connectivity index (χ3v) is 5.58. The van der Waals surface area contributed by atoms with Gasteiger partial charge in [-0.3, -0.25) is 14.3 Å². The van der Waals surface area contributed by atoms with E-state index in [9.17, 15) is 22.8 Å². The summed E-state index contributed by atoms with van der Waals surface area (Å²) in [6, 6.07) is 10.0. The monoisotopic (exact) mass is 432 g/mol. The average Bonchev–Trinajstić information content (AvgIpc) is 3.07. The number of carbonyl (C=O) groups excluding carboxylic acids is 2. The fourth-order valence-corrected chi connectivity index (χ4v) is 3.85. The third-order valence-electron chi connectivity index (χ3n) is 4.20. The molecule has 158 valence electrons. The van der Waals surface area contributed by atoms with Crippen molar-refractivity contribution in [3.63, 3.8) is 0 Å². The minimum Gasteiger partial charge on any atom is -0.465 e. The minimum absolute atomic E-state index is 0.0282. The van der Waals surface area contributed by atoms with Crippen LogP contribution in [-0.2, 0) is 19.6 Å². The SMILES string of the molecule is CCOC(=O)CN(C)C(=O)c1ccc(NS(=O)(=O)c2ccc3[nH]c(=O)[nH]c3c2)cc1. The number of anilines is 1. The van der Waals surface area contributed by atoms with Crippen molar-refractivity contribution >= 4 is 38.6 Å². The van der Waals surface area contributed by atoms with E-state index in [0.29, 0.717) is 11.0 Å². The zero-order valence-corrected chi connectivity index (χ0v) is 17.1. The Morgan fingerprint density at radius 3 is 2.40 bits per heavy atom. The van der Waals surface area contributed by atoms with E-state index in [-0.39, 0.29) is 29.3 Å². The van der Waals surface area contributed by atoms with E-state index in [0.717, 1.165) is 0 Å². The van der Waals surface area contributed by atoms with Crippen LogP contribution in [0, 0.1) is 0 Å². The Hall–Kier alpha value is -3.60. The molecular weight excluding hydrogens is 412 g/mol. The molecule has 2 aromatic carbocycles. The molecule has 0 spiro atoms. The number of aromatic nitrogens is 2. The molecule has 0 saturated heterocycles. The number of ether oxygens (including phenoxy) is 1. The number of likely N-dealkylation sites (N-methyl/N-ethyl adjacent to an activating group) is 1. The molecule has 0 aliphatic heterocycles. The van der Waals surface area contributed by atoms with Crippen LogP contribution in [0.2, 0.25) is 0 Å². The maximum Gasteiger partial charge on any atom is 0.325 e. The van der Waals surface area contributed by atoms with Crippen molar-refractivity contribution in [1.29, 1.82) is 0 Å². The largest absolute Gasteiger partial charge is 0.465 e. The van der Waals surface area contributed by atoms with E-state index in [1.54, 1.807) is 6.92 Å². The standard InChI is InChI=1S/C19H20N4O6S/c1-3-29-17(24)11-23(2)18(25)12-4-6-13(7-5-12)22-30(27,28)14-8-9-15-16(10-14)21-19(26)20-15/h4-10,22H,3,11H2,1-2H3,(H2,20,21,26). The number of carbonyl (C=O) groups is 2. The number of esters is 1. The van der Waals surface area contributed by atoms with Gasteiger partial charge in [0.2, 0.25) is 0 Å². The van der Waals surface area contributed by atoms with Crippen LogP contribution in [-0.4, -0.2) is 55.4 Å². The second-order valence-electron chi connectivity index (χ2n) is 6.44. The first kappa shape index (κ1) is 21.1. The molecule has 1 amide bonds. The molecule has 10 nitrogen and oxygen atoms in total. The lowest BCUT2D eigenvalue weighted by Crippen LogP contribution is -2.33. The maximum atomic E-state index is 12.6. The van der Waals surface area contributed by atoms with E-state index >= 15 is 0 Å². The number of hydrogen-bond acceptors (Lipinski definition) is 6. The lowest BCUT2D eigenvalue weighted by atomic mass is 10.2. The Morgan fingerprint density at radius 2 is 1.73 bits per heavy atom. The van der Waals surface area contributed by atoms with Gasteiger partial charge in [0.1, 0.15) is 6.54 Å². The van der Waals surface area contributed by atoms with E-state index in [2.05, 4.69) is 14.7 Å². The lowest BCUT2D eigenvalue weighted by molar-refractivity contribution is -0.143. The number of benzene rings is 2. The highest BCUT2D eigenvalue weighted by Gasteiger charge is 2.18. The van der Waals surface area contributed by atoms with Gasteiger partial charge >= 0.3 is 11.7 Å². The summed E-state index contributed by atoms with van der Waals surface area (Å²) in [4.78, 5) is 41.4. The summed E-state index contributed by atoms with van der Waals surface area (Å²) < 4.78 is 32.5. The normalized spacial score (nSPS) is 11.3. The summed E-state index contributed by atoms with van der Waals surface area (Å²) in [7, 11) is -2.44. The molecule has 3 rings (SSSR count). The van der Waals surface area contributed by atoms with Gasteiger partial charge in [-0.1, -0.05) is 0 Å². The molecule has 0 bridgehead atoms. The summed E-state index contributed by atoms with van der Waals surface area (Å²) in [6.45, 7) is 1.71. The van der Waals surface area contributed by atoms with Gasteiger partial charge < -0.3 is 19.6 Å². The Kier molecular flexibility index (Phi) is 5.92. The molecule has 1 heterocycles. The van der Waals surface area contributed by atoms with Crippen LogP contribution in [0.4, 0.5) is 5.69 Å². The number of rotatable bonds is 7. The van der Waals surface area contributed by atoms with Crippen molar-refractivity contribution < 1.29 is 22.7 Å². The van der Waals surface area contributed by atoms with Gasteiger partial charge in [-0.15, -0.1) is 0 Å². The molecule has 30 heavy (non-hydrogen) atoms. The van der Waals surface area contributed by atoms with Crippen LogP contribution in [0.1, 0.15) is 17.3 Å². The van der Waals surface area contributed by atoms with Crippen LogP contribution in [0.25, 0.3) is 11.0 Å². The molecule has 0 aliphatic rings. The van der Waals surface area contributed by atoms with Crippen LogP contribution in [0.5, 0.6) is 0 Å². The highest BCUT2D eigenvalue weighted by Crippen LogP contribution is 2.19.